The smallest absolute Gasteiger partial charge is 0.199 e. The summed E-state index contributed by atoms with van der Waals surface area (Å²) in [6.07, 6.45) is 0. The third kappa shape index (κ3) is 2.32. The molecule has 1 rings (SSSR count). The first-order valence-electron chi connectivity index (χ1n) is 4.32. The molecule has 3 heteroatoms. The molecule has 0 saturated heterocycles. The highest BCUT2D eigenvalue weighted by Crippen LogP contribution is 2.21. The second-order valence-corrected chi connectivity index (χ2v) is 4.17. The van der Waals surface area contributed by atoms with E-state index in [-0.39, 0.29) is 0 Å². The van der Waals surface area contributed by atoms with Crippen LogP contribution in [0.4, 0.5) is 4.39 Å². The largest absolute Gasteiger partial charge is 0.291 e. The van der Waals surface area contributed by atoms with Gasteiger partial charge in [-0.15, -0.1) is 0 Å². The summed E-state index contributed by atoms with van der Waals surface area (Å²) in [4.78, 5) is 11.5. The van der Waals surface area contributed by atoms with Crippen molar-refractivity contribution >= 4 is 17.4 Å². The number of rotatable bonds is 2. The Hall–Kier alpha value is -0.890. The minimum Gasteiger partial charge on any atom is -0.291 e. The first-order chi connectivity index (χ1) is 6.32. The van der Waals surface area contributed by atoms with E-state index in [4.69, 9.17) is 11.6 Å². The number of hydrogen-bond donors (Lipinski definition) is 0. The first kappa shape index (κ1) is 11.2. The predicted octanol–water partition coefficient (Wildman–Crippen LogP) is 3.58. The second-order valence-electron chi connectivity index (χ2n) is 3.77. The molecule has 0 atom stereocenters. The summed E-state index contributed by atoms with van der Waals surface area (Å²) in [7, 11) is 0. The standard InChI is InChI=1S/C11H12ClFO/c1-7-4-5-8(6-9(7)12)10(14)11(2,3)13/h4-6H,1-3H3. The van der Waals surface area contributed by atoms with Crippen LogP contribution in [0.5, 0.6) is 0 Å². The number of Topliss-reactive ketones (excluding diaryl/α,β-unsaturated/α-hetero) is 1. The zero-order valence-electron chi connectivity index (χ0n) is 8.40. The van der Waals surface area contributed by atoms with Gasteiger partial charge in [-0.25, -0.2) is 4.39 Å². The number of hydrogen-bond acceptors (Lipinski definition) is 1. The monoisotopic (exact) mass is 214 g/mol. The Morgan fingerprint density at radius 2 is 2.00 bits per heavy atom. The number of carbonyl (C=O) groups excluding carboxylic acids is 1. The van der Waals surface area contributed by atoms with Crippen molar-refractivity contribution in [2.24, 2.45) is 0 Å². The fourth-order valence-electron chi connectivity index (χ4n) is 1.08. The van der Waals surface area contributed by atoms with Crippen molar-refractivity contribution in [2.45, 2.75) is 26.4 Å². The lowest BCUT2D eigenvalue weighted by Crippen LogP contribution is -2.25. The quantitative estimate of drug-likeness (QED) is 0.688. The van der Waals surface area contributed by atoms with E-state index in [0.29, 0.717) is 10.6 Å². The van der Waals surface area contributed by atoms with Gasteiger partial charge in [-0.2, -0.15) is 0 Å². The Kier molecular flexibility index (Phi) is 2.95. The maximum absolute atomic E-state index is 13.3. The maximum atomic E-state index is 13.3. The van der Waals surface area contributed by atoms with Crippen LogP contribution >= 0.6 is 11.6 Å². The maximum Gasteiger partial charge on any atom is 0.199 e. The Bertz CT molecular complexity index is 366. The van der Waals surface area contributed by atoms with Crippen LogP contribution in [-0.4, -0.2) is 11.5 Å². The van der Waals surface area contributed by atoms with Gasteiger partial charge in [-0.1, -0.05) is 23.7 Å². The van der Waals surface area contributed by atoms with Gasteiger partial charge in [-0.05, 0) is 32.4 Å². The summed E-state index contributed by atoms with van der Waals surface area (Å²) in [6.45, 7) is 4.31. The molecule has 1 aromatic rings. The molecule has 76 valence electrons. The highest BCUT2D eigenvalue weighted by Gasteiger charge is 2.27. The number of ketones is 1. The molecule has 0 aromatic heterocycles. The summed E-state index contributed by atoms with van der Waals surface area (Å²) in [5.74, 6) is -0.542. The zero-order valence-corrected chi connectivity index (χ0v) is 9.15. The molecule has 0 aliphatic rings. The minimum absolute atomic E-state index is 0.313. The molecule has 1 nitrogen and oxygen atoms in total. The zero-order chi connectivity index (χ0) is 10.9. The van der Waals surface area contributed by atoms with Crippen molar-refractivity contribution < 1.29 is 9.18 Å². The molecule has 0 spiro atoms. The van der Waals surface area contributed by atoms with Crippen LogP contribution in [-0.2, 0) is 0 Å². The van der Waals surface area contributed by atoms with E-state index in [1.165, 1.54) is 19.9 Å². The fraction of sp³-hybridized carbons (Fsp3) is 0.364. The molecule has 1 aromatic carbocycles. The van der Waals surface area contributed by atoms with Crippen LogP contribution in [0.1, 0.15) is 29.8 Å². The molecule has 0 bridgehead atoms. The van der Waals surface area contributed by atoms with Crippen LogP contribution < -0.4 is 0 Å². The van der Waals surface area contributed by atoms with Gasteiger partial charge in [0.2, 0.25) is 0 Å². The van der Waals surface area contributed by atoms with Gasteiger partial charge >= 0.3 is 0 Å². The fourth-order valence-corrected chi connectivity index (χ4v) is 1.26. The van der Waals surface area contributed by atoms with Gasteiger partial charge < -0.3 is 0 Å². The molecule has 0 aliphatic heterocycles. The Balaban J connectivity index is 3.10. The highest BCUT2D eigenvalue weighted by atomic mass is 35.5. The average molecular weight is 215 g/mol. The molecule has 0 N–H and O–H groups in total. The van der Waals surface area contributed by atoms with Gasteiger partial charge in [-0.3, -0.25) is 4.79 Å². The van der Waals surface area contributed by atoms with Crippen LogP contribution in [0.3, 0.4) is 0 Å². The van der Waals surface area contributed by atoms with Crippen LogP contribution in [0.15, 0.2) is 18.2 Å². The van der Waals surface area contributed by atoms with E-state index < -0.39 is 11.5 Å². The summed E-state index contributed by atoms with van der Waals surface area (Å²) in [5, 5.41) is 0.486. The predicted molar refractivity (Wildman–Crippen MR) is 55.7 cm³/mol. The molecule has 0 amide bonds. The number of benzene rings is 1. The van der Waals surface area contributed by atoms with Crippen molar-refractivity contribution in [3.63, 3.8) is 0 Å². The molecule has 0 aliphatic carbocycles. The minimum atomic E-state index is -1.85. The van der Waals surface area contributed by atoms with Crippen molar-refractivity contribution in [2.75, 3.05) is 0 Å². The second kappa shape index (κ2) is 3.70. The van der Waals surface area contributed by atoms with E-state index in [0.717, 1.165) is 5.56 Å². The molecular weight excluding hydrogens is 203 g/mol. The normalized spacial score (nSPS) is 11.5. The van der Waals surface area contributed by atoms with E-state index >= 15 is 0 Å². The third-order valence-corrected chi connectivity index (χ3v) is 2.38. The lowest BCUT2D eigenvalue weighted by Gasteiger charge is -2.12. The Morgan fingerprint density at radius 3 is 2.43 bits per heavy atom. The lowest BCUT2D eigenvalue weighted by molar-refractivity contribution is 0.0760. The third-order valence-electron chi connectivity index (χ3n) is 1.97. The topological polar surface area (TPSA) is 17.1 Å². The Labute approximate surface area is 87.9 Å². The van der Waals surface area contributed by atoms with E-state index in [9.17, 15) is 9.18 Å². The molecule has 0 saturated carbocycles. The molecule has 0 heterocycles. The first-order valence-corrected chi connectivity index (χ1v) is 4.70. The van der Waals surface area contributed by atoms with Crippen molar-refractivity contribution in [3.8, 4) is 0 Å². The molecule has 0 fully saturated rings. The lowest BCUT2D eigenvalue weighted by atomic mass is 9.98. The molecule has 14 heavy (non-hydrogen) atoms. The summed E-state index contributed by atoms with van der Waals surface area (Å²) < 4.78 is 13.3. The number of carbonyl (C=O) groups is 1. The molecule has 0 unspecified atom stereocenters. The van der Waals surface area contributed by atoms with Gasteiger partial charge in [0.15, 0.2) is 11.5 Å². The van der Waals surface area contributed by atoms with Gasteiger partial charge in [0, 0.05) is 10.6 Å². The van der Waals surface area contributed by atoms with E-state index in [1.54, 1.807) is 12.1 Å². The SMILES string of the molecule is Cc1ccc(C(=O)C(C)(C)F)cc1Cl. The van der Waals surface area contributed by atoms with Crippen molar-refractivity contribution in [1.29, 1.82) is 0 Å². The number of alkyl halides is 1. The van der Waals surface area contributed by atoms with E-state index in [2.05, 4.69) is 0 Å². The average Bonchev–Trinajstić information content (AvgIpc) is 2.07. The van der Waals surface area contributed by atoms with Gasteiger partial charge in [0.05, 0.1) is 0 Å². The van der Waals surface area contributed by atoms with Gasteiger partial charge in [0.25, 0.3) is 0 Å². The van der Waals surface area contributed by atoms with Crippen molar-refractivity contribution in [3.05, 3.63) is 34.3 Å². The number of aryl methyl sites for hydroxylation is 1. The van der Waals surface area contributed by atoms with Crippen molar-refractivity contribution in [1.82, 2.24) is 0 Å². The number of halogens is 2. The Morgan fingerprint density at radius 1 is 1.43 bits per heavy atom. The van der Waals surface area contributed by atoms with Crippen LogP contribution in [0.2, 0.25) is 5.02 Å². The summed E-state index contributed by atoms with van der Waals surface area (Å²) in [5.41, 5.74) is -0.661. The molecular formula is C11H12ClFO. The summed E-state index contributed by atoms with van der Waals surface area (Å²) >= 11 is 5.83. The van der Waals surface area contributed by atoms with E-state index in [1.807, 2.05) is 6.92 Å². The van der Waals surface area contributed by atoms with Crippen LogP contribution in [0.25, 0.3) is 0 Å². The highest BCUT2D eigenvalue weighted by molar-refractivity contribution is 6.31. The molecule has 0 radical (unpaired) electrons. The van der Waals surface area contributed by atoms with Gasteiger partial charge in [0.1, 0.15) is 0 Å². The summed E-state index contributed by atoms with van der Waals surface area (Å²) in [6, 6.07) is 4.80. The van der Waals surface area contributed by atoms with Crippen LogP contribution in [0, 0.1) is 6.92 Å².